The van der Waals surface area contributed by atoms with Crippen LogP contribution in [0.2, 0.25) is 0 Å². The first kappa shape index (κ1) is 12.6. The molecule has 0 aliphatic heterocycles. The summed E-state index contributed by atoms with van der Waals surface area (Å²) in [4.78, 5) is 4.61. The van der Waals surface area contributed by atoms with E-state index in [0.29, 0.717) is 5.92 Å². The minimum Gasteiger partial charge on any atom is -0.321 e. The summed E-state index contributed by atoms with van der Waals surface area (Å²) in [6.07, 6.45) is 6.45. The van der Waals surface area contributed by atoms with E-state index in [1.165, 1.54) is 32.1 Å². The van der Waals surface area contributed by atoms with E-state index in [4.69, 9.17) is 5.73 Å². The van der Waals surface area contributed by atoms with E-state index < -0.39 is 0 Å². The minimum absolute atomic E-state index is 0.00598. The predicted octanol–water partition coefficient (Wildman–Crippen LogP) is 2.90. The standard InChI is InChI=1S/C13H24N4/c1-13(2,3)10(14)12-15-11(16-17-12)9-7-5-4-6-8-9/h9-10H,4-8,14H2,1-3H3,(H,15,16,17). The lowest BCUT2D eigenvalue weighted by Crippen LogP contribution is -2.27. The molecule has 1 fully saturated rings. The van der Waals surface area contributed by atoms with Gasteiger partial charge in [0.05, 0.1) is 6.04 Å². The number of nitrogens with one attached hydrogen (secondary N) is 1. The van der Waals surface area contributed by atoms with Gasteiger partial charge >= 0.3 is 0 Å². The molecule has 1 aromatic heterocycles. The number of hydrogen-bond donors (Lipinski definition) is 2. The van der Waals surface area contributed by atoms with Crippen LogP contribution in [0.3, 0.4) is 0 Å². The van der Waals surface area contributed by atoms with Crippen LogP contribution in [0, 0.1) is 5.41 Å². The number of H-pyrrole nitrogens is 1. The van der Waals surface area contributed by atoms with Gasteiger partial charge in [0.25, 0.3) is 0 Å². The molecular formula is C13H24N4. The molecule has 1 aliphatic rings. The fourth-order valence-corrected chi connectivity index (χ4v) is 2.37. The second-order valence-corrected chi connectivity index (χ2v) is 6.26. The average Bonchev–Trinajstić information content (AvgIpc) is 2.77. The molecule has 0 radical (unpaired) electrons. The van der Waals surface area contributed by atoms with Crippen LogP contribution >= 0.6 is 0 Å². The average molecular weight is 236 g/mol. The fourth-order valence-electron chi connectivity index (χ4n) is 2.37. The molecule has 0 aromatic carbocycles. The molecule has 96 valence electrons. The van der Waals surface area contributed by atoms with Gasteiger partial charge in [-0.15, -0.1) is 0 Å². The molecule has 0 amide bonds. The highest BCUT2D eigenvalue weighted by atomic mass is 15.2. The Bertz CT molecular complexity index is 358. The SMILES string of the molecule is CC(C)(C)C(N)c1n[nH]c(C2CCCCC2)n1. The lowest BCUT2D eigenvalue weighted by Gasteiger charge is -2.24. The van der Waals surface area contributed by atoms with Crippen molar-refractivity contribution in [2.45, 2.75) is 64.8 Å². The molecule has 1 saturated carbocycles. The quantitative estimate of drug-likeness (QED) is 0.829. The third-order valence-electron chi connectivity index (χ3n) is 3.72. The number of nitrogens with two attached hydrogens (primary N) is 1. The van der Waals surface area contributed by atoms with Gasteiger partial charge in [-0.3, -0.25) is 5.10 Å². The number of nitrogens with zero attached hydrogens (tertiary/aromatic N) is 2. The maximum Gasteiger partial charge on any atom is 0.167 e. The number of aromatic nitrogens is 3. The highest BCUT2D eigenvalue weighted by molar-refractivity contribution is 5.04. The molecular weight excluding hydrogens is 212 g/mol. The summed E-state index contributed by atoms with van der Waals surface area (Å²) < 4.78 is 0. The lowest BCUT2D eigenvalue weighted by molar-refractivity contribution is 0.315. The lowest BCUT2D eigenvalue weighted by atomic mass is 9.87. The van der Waals surface area contributed by atoms with E-state index in [0.717, 1.165) is 11.6 Å². The van der Waals surface area contributed by atoms with Crippen LogP contribution in [0.1, 0.15) is 76.5 Å². The Kier molecular flexibility index (Phi) is 3.52. The van der Waals surface area contributed by atoms with Gasteiger partial charge in [-0.25, -0.2) is 4.98 Å². The summed E-state index contributed by atoms with van der Waals surface area (Å²) in [5, 5.41) is 7.38. The van der Waals surface area contributed by atoms with Gasteiger partial charge in [0.2, 0.25) is 0 Å². The van der Waals surface area contributed by atoms with Crippen LogP contribution in [0.5, 0.6) is 0 Å². The molecule has 0 spiro atoms. The van der Waals surface area contributed by atoms with Gasteiger partial charge in [0.15, 0.2) is 5.82 Å². The maximum atomic E-state index is 6.17. The summed E-state index contributed by atoms with van der Waals surface area (Å²) >= 11 is 0. The Hall–Kier alpha value is -0.900. The summed E-state index contributed by atoms with van der Waals surface area (Å²) in [7, 11) is 0. The van der Waals surface area contributed by atoms with E-state index >= 15 is 0 Å². The molecule has 0 saturated heterocycles. The van der Waals surface area contributed by atoms with E-state index in [2.05, 4.69) is 36.0 Å². The molecule has 4 heteroatoms. The summed E-state index contributed by atoms with van der Waals surface area (Å²) in [5.74, 6) is 2.37. The minimum atomic E-state index is -0.101. The Balaban J connectivity index is 2.10. The molecule has 0 bridgehead atoms. The monoisotopic (exact) mass is 236 g/mol. The first-order valence-electron chi connectivity index (χ1n) is 6.66. The van der Waals surface area contributed by atoms with Gasteiger partial charge in [0.1, 0.15) is 5.82 Å². The third-order valence-corrected chi connectivity index (χ3v) is 3.72. The Morgan fingerprint density at radius 1 is 1.24 bits per heavy atom. The van der Waals surface area contributed by atoms with Crippen molar-refractivity contribution >= 4 is 0 Å². The summed E-state index contributed by atoms with van der Waals surface area (Å²) in [6.45, 7) is 6.36. The van der Waals surface area contributed by atoms with Crippen LogP contribution in [0.15, 0.2) is 0 Å². The zero-order valence-electron chi connectivity index (χ0n) is 11.2. The van der Waals surface area contributed by atoms with E-state index in [1.54, 1.807) is 0 Å². The van der Waals surface area contributed by atoms with Crippen molar-refractivity contribution in [3.8, 4) is 0 Å². The van der Waals surface area contributed by atoms with Crippen LogP contribution in [0.4, 0.5) is 0 Å². The highest BCUT2D eigenvalue weighted by Crippen LogP contribution is 2.32. The molecule has 4 nitrogen and oxygen atoms in total. The number of aromatic amines is 1. The predicted molar refractivity (Wildman–Crippen MR) is 68.6 cm³/mol. The van der Waals surface area contributed by atoms with Gasteiger partial charge in [-0.2, -0.15) is 5.10 Å². The van der Waals surface area contributed by atoms with Crippen LogP contribution in [0.25, 0.3) is 0 Å². The molecule has 1 aromatic rings. The normalized spacial score (nSPS) is 20.5. The smallest absolute Gasteiger partial charge is 0.167 e. The summed E-state index contributed by atoms with van der Waals surface area (Å²) in [5.41, 5.74) is 6.18. The Morgan fingerprint density at radius 2 is 1.88 bits per heavy atom. The van der Waals surface area contributed by atoms with Crippen molar-refractivity contribution in [2.75, 3.05) is 0 Å². The van der Waals surface area contributed by atoms with E-state index in [9.17, 15) is 0 Å². The topological polar surface area (TPSA) is 67.6 Å². The maximum absolute atomic E-state index is 6.17. The van der Waals surface area contributed by atoms with Crippen LogP contribution < -0.4 is 5.73 Å². The van der Waals surface area contributed by atoms with Gasteiger partial charge in [0, 0.05) is 5.92 Å². The Labute approximate surface area is 103 Å². The zero-order valence-corrected chi connectivity index (χ0v) is 11.2. The molecule has 17 heavy (non-hydrogen) atoms. The molecule has 1 heterocycles. The van der Waals surface area contributed by atoms with Crippen molar-refractivity contribution in [3.63, 3.8) is 0 Å². The molecule has 1 aliphatic carbocycles. The molecule has 1 atom stereocenters. The van der Waals surface area contributed by atoms with Crippen LogP contribution in [-0.4, -0.2) is 15.2 Å². The van der Waals surface area contributed by atoms with Crippen molar-refractivity contribution in [2.24, 2.45) is 11.1 Å². The van der Waals surface area contributed by atoms with Gasteiger partial charge < -0.3 is 5.73 Å². The first-order valence-corrected chi connectivity index (χ1v) is 6.66. The second-order valence-electron chi connectivity index (χ2n) is 6.26. The number of rotatable bonds is 2. The fraction of sp³-hybridized carbons (Fsp3) is 0.846. The second kappa shape index (κ2) is 4.77. The third kappa shape index (κ3) is 2.86. The van der Waals surface area contributed by atoms with E-state index in [1.807, 2.05) is 0 Å². The van der Waals surface area contributed by atoms with Crippen molar-refractivity contribution in [1.82, 2.24) is 15.2 Å². The van der Waals surface area contributed by atoms with E-state index in [-0.39, 0.29) is 11.5 Å². The van der Waals surface area contributed by atoms with Crippen molar-refractivity contribution < 1.29 is 0 Å². The summed E-state index contributed by atoms with van der Waals surface area (Å²) in [6, 6.07) is -0.101. The molecule has 3 N–H and O–H groups in total. The highest BCUT2D eigenvalue weighted by Gasteiger charge is 2.27. The number of hydrogen-bond acceptors (Lipinski definition) is 3. The van der Waals surface area contributed by atoms with Crippen LogP contribution in [-0.2, 0) is 0 Å². The van der Waals surface area contributed by atoms with Crippen molar-refractivity contribution in [1.29, 1.82) is 0 Å². The largest absolute Gasteiger partial charge is 0.321 e. The zero-order chi connectivity index (χ0) is 12.5. The Morgan fingerprint density at radius 3 is 2.47 bits per heavy atom. The van der Waals surface area contributed by atoms with Crippen molar-refractivity contribution in [3.05, 3.63) is 11.6 Å². The first-order chi connectivity index (χ1) is 7.98. The van der Waals surface area contributed by atoms with Gasteiger partial charge in [-0.1, -0.05) is 40.0 Å². The molecule has 2 rings (SSSR count). The van der Waals surface area contributed by atoms with Gasteiger partial charge in [-0.05, 0) is 18.3 Å². The molecule has 1 unspecified atom stereocenters.